The number of carboxylic acids is 4. The van der Waals surface area contributed by atoms with Crippen LogP contribution in [-0.4, -0.2) is 204 Å². The Morgan fingerprint density at radius 3 is 1.53 bits per heavy atom. The van der Waals surface area contributed by atoms with E-state index in [1.54, 1.807) is 82.3 Å². The zero-order chi connectivity index (χ0) is 75.1. The van der Waals surface area contributed by atoms with Crippen molar-refractivity contribution in [3.05, 3.63) is 96.1 Å². The van der Waals surface area contributed by atoms with E-state index in [9.17, 15) is 92.3 Å². The molecule has 0 radical (unpaired) electrons. The van der Waals surface area contributed by atoms with E-state index in [1.165, 1.54) is 44.7 Å². The molecule has 11 amide bonds. The summed E-state index contributed by atoms with van der Waals surface area (Å²) in [7, 11) is 0. The van der Waals surface area contributed by atoms with Crippen LogP contribution in [-0.2, 0) is 84.8 Å². The second-order valence-electron chi connectivity index (χ2n) is 24.9. The summed E-state index contributed by atoms with van der Waals surface area (Å²) < 4.78 is 0. The standard InChI is InChI=1S/C66H92N12O20S2/c1-8-9-26-100-33-49(55(68)88)77-65(98)54(66(5,6)7)78-63(96)47(31-53(86)87)75-60(93)43(27-34(2)36(4)79)72-61(94)44(28-37-16-11-10-12-17-37)73-62(95)46(30-52(84)85)74-58(91)42(23-25-51(82)83)70-64(97)48(32-99)76-56(89)35(3)69-59(92)45(71-57(90)41(67)22-24-50(80)81)29-39-20-15-19-38-18-13-14-21-40(38)39/h8-21,34-36,41-49,54,79,99H,22-33,67H2,1-7H3,(H2,68,88)(H,69,92)(H,70,97)(H,71,90)(H,72,94)(H,73,95)(H,74,91)(H,75,93)(H,76,89)(H,77,98)(H,78,96)(H,80,81)(H,82,83)(H,84,85)(H,86,87)/b9-8+/t34?,35-,36+,41+,42+,43+,44+,45+,46+,47+,48-,49+,54-/m1/s1. The molecule has 0 spiro atoms. The molecule has 0 bridgehead atoms. The maximum atomic E-state index is 14.6. The summed E-state index contributed by atoms with van der Waals surface area (Å²) in [6.45, 7) is 10.5. The molecule has 13 atom stereocenters. The molecule has 0 saturated carbocycles. The average molecular weight is 1440 g/mol. The number of nitrogens with one attached hydrogen (secondary N) is 10. The van der Waals surface area contributed by atoms with Crippen molar-refractivity contribution in [3.8, 4) is 0 Å². The highest BCUT2D eigenvalue weighted by Gasteiger charge is 2.40. The van der Waals surface area contributed by atoms with E-state index >= 15 is 0 Å². The molecule has 19 N–H and O–H groups in total. The van der Waals surface area contributed by atoms with Crippen LogP contribution in [0.2, 0.25) is 0 Å². The number of aliphatic carboxylic acids is 4. The number of amides is 11. The van der Waals surface area contributed by atoms with E-state index in [-0.39, 0.29) is 18.6 Å². The number of hydrogen-bond acceptors (Lipinski definition) is 19. The molecular formula is C66H92N12O20S2. The zero-order valence-corrected chi connectivity index (χ0v) is 58.2. The minimum absolute atomic E-state index is 0.0548. The Balaban J connectivity index is 1.93. The van der Waals surface area contributed by atoms with Gasteiger partial charge in [0, 0.05) is 42.9 Å². The normalized spacial score (nSPS) is 15.3. The van der Waals surface area contributed by atoms with Crippen molar-refractivity contribution in [2.75, 3.05) is 17.3 Å². The Hall–Kier alpha value is -9.67. The van der Waals surface area contributed by atoms with Crippen molar-refractivity contribution in [3.63, 3.8) is 0 Å². The van der Waals surface area contributed by atoms with Crippen molar-refractivity contribution in [2.45, 2.75) is 179 Å². The lowest BCUT2D eigenvalue weighted by Crippen LogP contribution is -2.62. The molecule has 0 saturated heterocycles. The monoisotopic (exact) mass is 1440 g/mol. The molecule has 0 aromatic heterocycles. The highest BCUT2D eigenvalue weighted by molar-refractivity contribution is 7.99. The van der Waals surface area contributed by atoms with Crippen LogP contribution in [0, 0.1) is 11.3 Å². The summed E-state index contributed by atoms with van der Waals surface area (Å²) in [5.74, 6) is -18.7. The van der Waals surface area contributed by atoms with Gasteiger partial charge >= 0.3 is 23.9 Å². The first-order valence-corrected chi connectivity index (χ1v) is 33.7. The van der Waals surface area contributed by atoms with Gasteiger partial charge in [-0.3, -0.25) is 71.9 Å². The molecule has 3 rings (SSSR count). The number of aliphatic hydroxyl groups is 1. The van der Waals surface area contributed by atoms with E-state index in [4.69, 9.17) is 16.6 Å². The number of primary amides is 1. The number of hydrogen-bond donors (Lipinski definition) is 18. The number of fused-ring (bicyclic) bond motifs is 1. The summed E-state index contributed by atoms with van der Waals surface area (Å²) >= 11 is 5.45. The minimum atomic E-state index is -2.12. The molecule has 0 aliphatic heterocycles. The molecule has 3 aromatic carbocycles. The van der Waals surface area contributed by atoms with Crippen LogP contribution in [0.3, 0.4) is 0 Å². The SMILES string of the molecule is C/C=C/CSC[C@H](NC(=O)[C@@H](NC(=O)[C@H](CC(=O)O)NC(=O)[C@H](CC(C)[C@H](C)O)NC(=O)[C@H](Cc1ccccc1)NC(=O)[C@H](CC(=O)O)NC(=O)[C@H](CCC(=O)O)NC(=O)[C@@H](CS)NC(=O)[C@@H](C)NC(=O)[C@H](Cc1cccc2ccccc12)NC(=O)[C@@H](N)CCC(=O)O)C(C)(C)C)C(N)=O. The van der Waals surface area contributed by atoms with Gasteiger partial charge in [-0.2, -0.15) is 24.4 Å². The first-order chi connectivity index (χ1) is 46.9. The summed E-state index contributed by atoms with van der Waals surface area (Å²) in [5, 5.41) is 74.9. The van der Waals surface area contributed by atoms with Crippen molar-refractivity contribution < 1.29 is 97.5 Å². The number of carbonyl (C=O) groups excluding carboxylic acids is 11. The second-order valence-corrected chi connectivity index (χ2v) is 26.3. The molecule has 3 aromatic rings. The fraction of sp³-hybridized carbons (Fsp3) is 0.500. The summed E-state index contributed by atoms with van der Waals surface area (Å²) in [6, 6.07) is 2.20. The van der Waals surface area contributed by atoms with Gasteiger partial charge in [0.1, 0.15) is 60.4 Å². The number of nitrogens with two attached hydrogens (primary N) is 2. The number of aliphatic hydroxyl groups excluding tert-OH is 1. The van der Waals surface area contributed by atoms with E-state index < -0.39 is 223 Å². The number of carbonyl (C=O) groups is 15. The molecule has 32 nitrogen and oxygen atoms in total. The lowest BCUT2D eigenvalue weighted by molar-refractivity contribution is -0.143. The summed E-state index contributed by atoms with van der Waals surface area (Å²) in [5.41, 5.74) is 11.4. The highest BCUT2D eigenvalue weighted by atomic mass is 32.2. The van der Waals surface area contributed by atoms with Gasteiger partial charge in [-0.1, -0.05) is 113 Å². The van der Waals surface area contributed by atoms with Crippen LogP contribution >= 0.6 is 24.4 Å². The van der Waals surface area contributed by atoms with Crippen molar-refractivity contribution in [2.24, 2.45) is 22.8 Å². The maximum Gasteiger partial charge on any atom is 0.305 e. The number of carboxylic acid groups (broad SMARTS) is 4. The van der Waals surface area contributed by atoms with Gasteiger partial charge in [0.05, 0.1) is 25.0 Å². The van der Waals surface area contributed by atoms with Crippen LogP contribution in [0.4, 0.5) is 0 Å². The first kappa shape index (κ1) is 84.6. The van der Waals surface area contributed by atoms with Crippen molar-refractivity contribution in [1.82, 2.24) is 53.2 Å². The molecule has 100 heavy (non-hydrogen) atoms. The van der Waals surface area contributed by atoms with Gasteiger partial charge in [0.25, 0.3) is 0 Å². The number of thioether (sulfide) groups is 1. The molecule has 548 valence electrons. The number of benzene rings is 3. The van der Waals surface area contributed by atoms with E-state index in [2.05, 4.69) is 65.8 Å². The van der Waals surface area contributed by atoms with Gasteiger partial charge in [-0.15, -0.1) is 0 Å². The van der Waals surface area contributed by atoms with Crippen LogP contribution in [0.15, 0.2) is 84.9 Å². The Morgan fingerprint density at radius 1 is 0.510 bits per heavy atom. The lowest BCUT2D eigenvalue weighted by atomic mass is 9.85. The second kappa shape index (κ2) is 41.7. The quantitative estimate of drug-likeness (QED) is 0.0177. The predicted octanol–water partition coefficient (Wildman–Crippen LogP) is -1.32. The van der Waals surface area contributed by atoms with Gasteiger partial charge in [-0.05, 0) is 73.3 Å². The summed E-state index contributed by atoms with van der Waals surface area (Å²) in [4.78, 5) is 201. The fourth-order valence-corrected chi connectivity index (χ4v) is 10.9. The van der Waals surface area contributed by atoms with Crippen LogP contribution in [0.25, 0.3) is 10.8 Å². The lowest BCUT2D eigenvalue weighted by Gasteiger charge is -2.33. The van der Waals surface area contributed by atoms with E-state index in [1.807, 2.05) is 18.2 Å². The fourth-order valence-electron chi connectivity index (χ4n) is 9.70. The van der Waals surface area contributed by atoms with Crippen LogP contribution in [0.5, 0.6) is 0 Å². The Bertz CT molecular complexity index is 3420. The van der Waals surface area contributed by atoms with E-state index in [0.29, 0.717) is 16.9 Å². The van der Waals surface area contributed by atoms with Crippen LogP contribution in [0.1, 0.15) is 105 Å². The van der Waals surface area contributed by atoms with Gasteiger partial charge in [0.2, 0.25) is 65.0 Å². The zero-order valence-electron chi connectivity index (χ0n) is 56.4. The highest BCUT2D eigenvalue weighted by Crippen LogP contribution is 2.23. The number of rotatable bonds is 43. The minimum Gasteiger partial charge on any atom is -0.481 e. The topological polar surface area (TPSA) is 530 Å². The van der Waals surface area contributed by atoms with Gasteiger partial charge in [-0.25, -0.2) is 0 Å². The number of thiol groups is 1. The molecule has 0 heterocycles. The molecule has 0 aliphatic carbocycles. The molecule has 34 heteroatoms. The molecular weight excluding hydrogens is 1340 g/mol. The predicted molar refractivity (Wildman–Crippen MR) is 369 cm³/mol. The van der Waals surface area contributed by atoms with Gasteiger partial charge < -0.3 is 90.2 Å². The third kappa shape index (κ3) is 29.4. The smallest absolute Gasteiger partial charge is 0.305 e. The van der Waals surface area contributed by atoms with Crippen molar-refractivity contribution >= 4 is 124 Å². The van der Waals surface area contributed by atoms with Crippen molar-refractivity contribution in [1.29, 1.82) is 0 Å². The molecule has 0 fully saturated rings. The third-order valence-corrected chi connectivity index (χ3v) is 17.0. The largest absolute Gasteiger partial charge is 0.481 e. The summed E-state index contributed by atoms with van der Waals surface area (Å²) in [6.07, 6.45) is -3.05. The molecule has 0 aliphatic rings. The number of allylic oxidation sites excluding steroid dienone is 1. The Labute approximate surface area is 587 Å². The molecule has 1 unspecified atom stereocenters. The van der Waals surface area contributed by atoms with Crippen LogP contribution < -0.4 is 64.6 Å². The average Bonchev–Trinajstić information content (AvgIpc) is 0.828. The maximum absolute atomic E-state index is 14.6. The van der Waals surface area contributed by atoms with Gasteiger partial charge in [0.15, 0.2) is 0 Å². The first-order valence-electron chi connectivity index (χ1n) is 31.9. The van der Waals surface area contributed by atoms with E-state index in [0.717, 1.165) is 10.8 Å². The third-order valence-electron chi connectivity index (χ3n) is 15.6. The Morgan fingerprint density at radius 2 is 0.970 bits per heavy atom. The Kier molecular flexibility index (Phi) is 35.2.